The van der Waals surface area contributed by atoms with Crippen molar-refractivity contribution in [3.05, 3.63) is 117 Å². The van der Waals surface area contributed by atoms with Gasteiger partial charge in [0, 0.05) is 121 Å². The Morgan fingerprint density at radius 1 is 0.610 bits per heavy atom. The van der Waals surface area contributed by atoms with Crippen molar-refractivity contribution < 1.29 is 69.4 Å². The molecule has 25 heteroatoms. The van der Waals surface area contributed by atoms with Crippen molar-refractivity contribution in [1.29, 1.82) is 0 Å². The van der Waals surface area contributed by atoms with Gasteiger partial charge in [-0.1, -0.05) is 49.2 Å². The second kappa shape index (κ2) is 33.8. The third-order valence-corrected chi connectivity index (χ3v) is 23.2. The van der Waals surface area contributed by atoms with Crippen LogP contribution in [0, 0.1) is 11.8 Å². The number of benzene rings is 4. The molecule has 8 rings (SSSR count). The number of rotatable bonds is 17. The quantitative estimate of drug-likeness (QED) is 0.0674. The van der Waals surface area contributed by atoms with Crippen molar-refractivity contribution in [2.24, 2.45) is 11.8 Å². The van der Waals surface area contributed by atoms with Gasteiger partial charge in [-0.3, -0.25) is 4.79 Å². The predicted octanol–water partition coefficient (Wildman–Crippen LogP) is 6.41. The molecule has 2 saturated heterocycles. The minimum absolute atomic E-state index is 0. The summed E-state index contributed by atoms with van der Waals surface area (Å²) in [5, 5.41) is 0.370. The summed E-state index contributed by atoms with van der Waals surface area (Å²) in [4.78, 5) is 16.5. The summed E-state index contributed by atoms with van der Waals surface area (Å²) in [7, 11) is -4.94. The number of aryl methyl sites for hydroxylation is 2. The van der Waals surface area contributed by atoms with Crippen molar-refractivity contribution in [1.82, 2.24) is 23.0 Å². The molecular weight excluding hydrogens is 1220 g/mol. The van der Waals surface area contributed by atoms with Crippen LogP contribution in [-0.2, 0) is 70.6 Å². The van der Waals surface area contributed by atoms with E-state index in [9.17, 15) is 38.5 Å². The van der Waals surface area contributed by atoms with Gasteiger partial charge in [0.1, 0.15) is 0 Å². The zero-order valence-electron chi connectivity index (χ0n) is 49.8. The number of amides is 1. The van der Waals surface area contributed by atoms with Crippen molar-refractivity contribution in [3.63, 3.8) is 0 Å². The number of fused-ring (bicyclic) bond motifs is 2. The maximum absolute atomic E-state index is 13.7. The summed E-state index contributed by atoms with van der Waals surface area (Å²) in [5.74, 6) is 1.43. The van der Waals surface area contributed by atoms with E-state index in [-0.39, 0.29) is 72.2 Å². The van der Waals surface area contributed by atoms with Gasteiger partial charge in [0.05, 0.1) is 20.3 Å². The topological polar surface area (TPSA) is 194 Å². The van der Waals surface area contributed by atoms with E-state index in [1.54, 1.807) is 70.7 Å². The van der Waals surface area contributed by atoms with E-state index in [4.69, 9.17) is 46.4 Å². The first-order valence-electron chi connectivity index (χ1n) is 27.6. The summed E-state index contributed by atoms with van der Waals surface area (Å²) in [6.45, 7) is 6.39. The number of halogens is 4. The molecule has 4 atom stereocenters. The molecule has 0 aromatic heterocycles. The SMILES string of the molecule is CN1CCCC1=O.C[C@@H](CNS(=O)(=O)c1ccc(N(C)C)cc1)CNS(=O)(=O)C1CCc2cc(Cl)ccc2C1.C[C@H]1CN(S(=O)(=O)c2ccc(N(C)C)cc2)CCCCN(S(=O)(=O)C2CCc3cc(Cl)ccc3C2)C1.ClCCCCCl.[H-].[Na+]. The third kappa shape index (κ3) is 21.6. The number of hydrogen-bond acceptors (Lipinski definition) is 11. The van der Waals surface area contributed by atoms with Gasteiger partial charge in [-0.2, -0.15) is 4.31 Å². The first-order chi connectivity index (χ1) is 38.2. The van der Waals surface area contributed by atoms with Crippen LogP contribution in [0.4, 0.5) is 11.4 Å². The normalized spacial score (nSPS) is 19.3. The Morgan fingerprint density at radius 2 is 1.07 bits per heavy atom. The fraction of sp³-hybridized carbons (Fsp3) is 0.561. The van der Waals surface area contributed by atoms with Crippen LogP contribution in [0.25, 0.3) is 0 Å². The Hall–Kier alpha value is -2.25. The number of alkyl halides is 2. The molecule has 2 aliphatic heterocycles. The van der Waals surface area contributed by atoms with E-state index in [1.807, 2.05) is 82.3 Å². The van der Waals surface area contributed by atoms with Gasteiger partial charge < -0.3 is 16.1 Å². The smallest absolute Gasteiger partial charge is 1.00 e. The molecule has 2 heterocycles. The zero-order valence-corrected chi connectivity index (χ0v) is 57.1. The van der Waals surface area contributed by atoms with Crippen LogP contribution in [0.15, 0.2) is 94.7 Å². The number of carbonyl (C=O) groups excluding carboxylic acids is 1. The summed E-state index contributed by atoms with van der Waals surface area (Å²) >= 11 is 22.8. The van der Waals surface area contributed by atoms with E-state index in [0.717, 1.165) is 77.6 Å². The second-order valence-electron chi connectivity index (χ2n) is 21.8. The number of carbonyl (C=O) groups is 1. The number of nitrogens with zero attached hydrogens (tertiary/aromatic N) is 5. The molecule has 2 N–H and O–H groups in total. The fourth-order valence-corrected chi connectivity index (χ4v) is 17.0. The summed E-state index contributed by atoms with van der Waals surface area (Å²) < 4.78 is 113. The Bertz CT molecular complexity index is 3140. The van der Waals surface area contributed by atoms with Gasteiger partial charge in [-0.05, 0) is 178 Å². The van der Waals surface area contributed by atoms with Gasteiger partial charge in [-0.15, -0.1) is 23.2 Å². The van der Waals surface area contributed by atoms with Gasteiger partial charge >= 0.3 is 29.6 Å². The van der Waals surface area contributed by atoms with Crippen LogP contribution >= 0.6 is 46.4 Å². The molecule has 2 aliphatic carbocycles. The van der Waals surface area contributed by atoms with Crippen LogP contribution in [0.3, 0.4) is 0 Å². The van der Waals surface area contributed by atoms with E-state index in [1.165, 1.54) is 4.31 Å². The fourth-order valence-electron chi connectivity index (χ4n) is 9.82. The van der Waals surface area contributed by atoms with Crippen LogP contribution in [-0.4, -0.2) is 156 Å². The Balaban J connectivity index is 0.000000351. The van der Waals surface area contributed by atoms with Crippen LogP contribution in [0.5, 0.6) is 0 Å². The Kier molecular flexibility index (Phi) is 29.7. The van der Waals surface area contributed by atoms with Crippen molar-refractivity contribution in [3.8, 4) is 0 Å². The average Bonchev–Trinajstić information content (AvgIpc) is 3.87. The number of nitrogens with one attached hydrogen (secondary N) is 2. The van der Waals surface area contributed by atoms with E-state index < -0.39 is 50.6 Å². The van der Waals surface area contributed by atoms with Crippen molar-refractivity contribution in [2.45, 2.75) is 111 Å². The van der Waals surface area contributed by atoms with Crippen LogP contribution in [0.1, 0.15) is 88.9 Å². The molecule has 0 spiro atoms. The van der Waals surface area contributed by atoms with Gasteiger partial charge in [0.2, 0.25) is 46.0 Å². The van der Waals surface area contributed by atoms with Crippen molar-refractivity contribution in [2.75, 3.05) is 103 Å². The molecule has 4 aliphatic rings. The Morgan fingerprint density at radius 3 is 1.54 bits per heavy atom. The number of likely N-dealkylation sites (tertiary alicyclic amines) is 1. The molecule has 82 heavy (non-hydrogen) atoms. The maximum atomic E-state index is 13.7. The minimum Gasteiger partial charge on any atom is -1.00 e. The average molecular weight is 1300 g/mol. The first-order valence-corrected chi connectivity index (χ1v) is 35.4. The largest absolute Gasteiger partial charge is 1.00 e. The maximum Gasteiger partial charge on any atom is 1.00 e. The van der Waals surface area contributed by atoms with E-state index >= 15 is 0 Å². The summed E-state index contributed by atoms with van der Waals surface area (Å²) in [6, 6.07) is 24.7. The molecule has 4 aromatic carbocycles. The molecule has 4 aromatic rings. The van der Waals surface area contributed by atoms with Gasteiger partial charge in [0.15, 0.2) is 0 Å². The number of hydrogen-bond donors (Lipinski definition) is 2. The third-order valence-electron chi connectivity index (χ3n) is 14.8. The molecule has 16 nitrogen and oxygen atoms in total. The molecule has 0 bridgehead atoms. The standard InChI is InChI=1S/C26H36ClN3O4S2.C22H30ClN3O4S2.C5H9NO.C4H8Cl2.Na.H/c1-20-18-29(35(31,32)25-12-9-24(10-13-25)28(2)3)14-4-5-15-30(19-20)36(33,34)26-11-7-21-16-23(27)8-6-22(21)17-26;1-16(14-24-31(27,28)21-10-7-20(8-11-21)26(2)3)15-25-32(29,30)22-9-5-17-12-19(23)6-4-18(17)13-22;1-6-4-2-3-5(6)7;5-3-1-2-4-6;;/h6,8-10,12-13,16,20,26H,4-5,7,11,14-15,17-19H2,1-3H3;4,6-8,10-12,16,22,24-25H,5,9,13-15H2,1-3H3;2-4H2,1H3;1-4H2;;/q;;;;+1;-1/t20-,26?;16-,22?;;;;/m00..../s1. The van der Waals surface area contributed by atoms with Crippen LogP contribution < -0.4 is 48.8 Å². The molecule has 0 saturated carbocycles. The molecule has 2 fully saturated rings. The molecule has 454 valence electrons. The van der Waals surface area contributed by atoms with Gasteiger partial charge in [0.25, 0.3) is 0 Å². The van der Waals surface area contributed by atoms with Crippen molar-refractivity contribution >= 4 is 104 Å². The number of sulfonamides is 4. The number of unbranched alkanes of at least 4 members (excludes halogenated alkanes) is 1. The molecule has 0 radical (unpaired) electrons. The van der Waals surface area contributed by atoms with Crippen LogP contribution in [0.2, 0.25) is 10.0 Å². The molecule has 2 unspecified atom stereocenters. The zero-order chi connectivity index (χ0) is 59.7. The monoisotopic (exact) mass is 1300 g/mol. The minimum atomic E-state index is -3.67. The number of anilines is 2. The molecule has 1 amide bonds. The predicted molar refractivity (Wildman–Crippen MR) is 334 cm³/mol. The first kappa shape index (κ1) is 72.2. The second-order valence-corrected chi connectivity index (χ2v) is 31.4. The van der Waals surface area contributed by atoms with E-state index in [2.05, 4.69) is 9.44 Å². The summed E-state index contributed by atoms with van der Waals surface area (Å²) in [6.07, 6.45) is 8.55. The molecular formula is C57H84Cl4N7NaO9S4. The van der Waals surface area contributed by atoms with Gasteiger partial charge in [-0.25, -0.2) is 47.4 Å². The summed E-state index contributed by atoms with van der Waals surface area (Å²) in [5.41, 5.74) is 6.13. The van der Waals surface area contributed by atoms with E-state index in [0.29, 0.717) is 87.0 Å². The Labute approximate surface area is 534 Å².